The van der Waals surface area contributed by atoms with Gasteiger partial charge in [0.15, 0.2) is 5.78 Å². The van der Waals surface area contributed by atoms with Gasteiger partial charge in [-0.25, -0.2) is 0 Å². The van der Waals surface area contributed by atoms with Crippen LogP contribution in [0.3, 0.4) is 0 Å². The summed E-state index contributed by atoms with van der Waals surface area (Å²) in [6.07, 6.45) is 1.22. The third-order valence-electron chi connectivity index (χ3n) is 3.32. The molecular formula is C16H19BrN2OS. The van der Waals surface area contributed by atoms with E-state index in [0.29, 0.717) is 6.42 Å². The molecule has 0 saturated heterocycles. The zero-order valence-corrected chi connectivity index (χ0v) is 14.9. The standard InChI is InChI=1S/C16H19BrN2OS/c1-4-13-16(17)14(19(3)18-13)10-15(20)11-6-8-12(9-7-11)21-5-2/h6-9H,4-5,10H2,1-3H3. The Morgan fingerprint density at radius 2 is 1.95 bits per heavy atom. The van der Waals surface area contributed by atoms with E-state index in [1.807, 2.05) is 31.3 Å². The molecule has 0 aliphatic carbocycles. The highest BCUT2D eigenvalue weighted by atomic mass is 79.9. The largest absolute Gasteiger partial charge is 0.294 e. The SMILES string of the molecule is CCSc1ccc(C(=O)Cc2c(Br)c(CC)nn2C)cc1. The van der Waals surface area contributed by atoms with Crippen molar-refractivity contribution >= 4 is 33.5 Å². The topological polar surface area (TPSA) is 34.9 Å². The summed E-state index contributed by atoms with van der Waals surface area (Å²) >= 11 is 5.33. The lowest BCUT2D eigenvalue weighted by molar-refractivity contribution is 0.0990. The van der Waals surface area contributed by atoms with Crippen LogP contribution in [-0.4, -0.2) is 21.3 Å². The van der Waals surface area contributed by atoms with Crippen LogP contribution in [0.25, 0.3) is 0 Å². The van der Waals surface area contributed by atoms with E-state index in [1.165, 1.54) is 4.90 Å². The van der Waals surface area contributed by atoms with E-state index < -0.39 is 0 Å². The van der Waals surface area contributed by atoms with E-state index in [4.69, 9.17) is 0 Å². The maximum absolute atomic E-state index is 12.4. The lowest BCUT2D eigenvalue weighted by atomic mass is 10.1. The van der Waals surface area contributed by atoms with Crippen molar-refractivity contribution in [2.45, 2.75) is 31.6 Å². The summed E-state index contributed by atoms with van der Waals surface area (Å²) < 4.78 is 2.75. The van der Waals surface area contributed by atoms with Crippen LogP contribution >= 0.6 is 27.7 Å². The first-order valence-electron chi connectivity index (χ1n) is 7.03. The molecule has 0 fully saturated rings. The predicted octanol–water partition coefficient (Wildman–Crippen LogP) is 4.28. The number of Topliss-reactive ketones (excluding diaryl/α,β-unsaturated/α-hetero) is 1. The normalized spacial score (nSPS) is 10.9. The molecule has 2 aromatic rings. The van der Waals surface area contributed by atoms with Gasteiger partial charge < -0.3 is 0 Å². The number of hydrogen-bond donors (Lipinski definition) is 0. The van der Waals surface area contributed by atoms with Gasteiger partial charge in [-0.15, -0.1) is 11.8 Å². The quantitative estimate of drug-likeness (QED) is 0.565. The highest BCUT2D eigenvalue weighted by molar-refractivity contribution is 9.10. The number of thioether (sulfide) groups is 1. The van der Waals surface area contributed by atoms with E-state index in [1.54, 1.807) is 16.4 Å². The first-order valence-corrected chi connectivity index (χ1v) is 8.81. The zero-order valence-electron chi connectivity index (χ0n) is 12.5. The summed E-state index contributed by atoms with van der Waals surface area (Å²) in [5.41, 5.74) is 2.68. The number of aromatic nitrogens is 2. The number of rotatable bonds is 6. The van der Waals surface area contributed by atoms with Crippen molar-refractivity contribution in [1.82, 2.24) is 9.78 Å². The minimum absolute atomic E-state index is 0.120. The fourth-order valence-electron chi connectivity index (χ4n) is 2.17. The number of hydrogen-bond acceptors (Lipinski definition) is 3. The van der Waals surface area contributed by atoms with Crippen LogP contribution in [0.5, 0.6) is 0 Å². The highest BCUT2D eigenvalue weighted by Gasteiger charge is 2.16. The molecule has 0 N–H and O–H groups in total. The van der Waals surface area contributed by atoms with E-state index in [9.17, 15) is 4.79 Å². The minimum atomic E-state index is 0.120. The minimum Gasteiger partial charge on any atom is -0.294 e. The highest BCUT2D eigenvalue weighted by Crippen LogP contribution is 2.24. The van der Waals surface area contributed by atoms with Crippen molar-refractivity contribution < 1.29 is 4.79 Å². The van der Waals surface area contributed by atoms with Gasteiger partial charge in [-0.05, 0) is 40.2 Å². The van der Waals surface area contributed by atoms with Gasteiger partial charge in [0.1, 0.15) is 0 Å². The molecule has 0 atom stereocenters. The molecule has 1 aromatic heterocycles. The summed E-state index contributed by atoms with van der Waals surface area (Å²) in [6, 6.07) is 7.84. The number of nitrogens with zero attached hydrogens (tertiary/aromatic N) is 2. The van der Waals surface area contributed by atoms with Gasteiger partial charge in [0.05, 0.1) is 22.3 Å². The van der Waals surface area contributed by atoms with E-state index in [-0.39, 0.29) is 5.78 Å². The third-order valence-corrected chi connectivity index (χ3v) is 5.13. The molecule has 0 aliphatic rings. The monoisotopic (exact) mass is 366 g/mol. The molecule has 21 heavy (non-hydrogen) atoms. The van der Waals surface area contributed by atoms with Gasteiger partial charge in [0.25, 0.3) is 0 Å². The van der Waals surface area contributed by atoms with E-state index in [0.717, 1.165) is 33.6 Å². The molecule has 112 valence electrons. The van der Waals surface area contributed by atoms with Gasteiger partial charge in [-0.2, -0.15) is 5.10 Å². The number of carbonyl (C=O) groups excluding carboxylic acids is 1. The fourth-order valence-corrected chi connectivity index (χ4v) is 3.59. The molecule has 2 rings (SSSR count). The van der Waals surface area contributed by atoms with Crippen LogP contribution in [0.4, 0.5) is 0 Å². The Morgan fingerprint density at radius 3 is 2.48 bits per heavy atom. The van der Waals surface area contributed by atoms with E-state index >= 15 is 0 Å². The molecule has 1 aromatic carbocycles. The van der Waals surface area contributed by atoms with Crippen molar-refractivity contribution in [3.05, 3.63) is 45.7 Å². The summed E-state index contributed by atoms with van der Waals surface area (Å²) in [5, 5.41) is 4.43. The van der Waals surface area contributed by atoms with Crippen LogP contribution in [0.2, 0.25) is 0 Å². The summed E-state index contributed by atoms with van der Waals surface area (Å²) in [5.74, 6) is 1.16. The van der Waals surface area contributed by atoms with Crippen molar-refractivity contribution in [1.29, 1.82) is 0 Å². The van der Waals surface area contributed by atoms with Crippen LogP contribution in [0, 0.1) is 0 Å². The van der Waals surface area contributed by atoms with Crippen LogP contribution in [-0.2, 0) is 19.9 Å². The summed E-state index contributed by atoms with van der Waals surface area (Å²) in [7, 11) is 1.88. The second-order valence-electron chi connectivity index (χ2n) is 4.74. The Bertz CT molecular complexity index is 634. The molecule has 0 spiro atoms. The number of halogens is 1. The summed E-state index contributed by atoms with van der Waals surface area (Å²) in [6.45, 7) is 4.18. The molecule has 3 nitrogen and oxygen atoms in total. The Balaban J connectivity index is 2.16. The maximum atomic E-state index is 12.4. The number of carbonyl (C=O) groups is 1. The van der Waals surface area contributed by atoms with Crippen molar-refractivity contribution in [2.75, 3.05) is 5.75 Å². The second-order valence-corrected chi connectivity index (χ2v) is 6.87. The van der Waals surface area contributed by atoms with Crippen molar-refractivity contribution in [3.63, 3.8) is 0 Å². The smallest absolute Gasteiger partial charge is 0.168 e. The van der Waals surface area contributed by atoms with Gasteiger partial charge in [-0.1, -0.05) is 26.0 Å². The van der Waals surface area contributed by atoms with Gasteiger partial charge >= 0.3 is 0 Å². The number of ketones is 1. The molecule has 0 amide bonds. The molecule has 0 bridgehead atoms. The number of aryl methyl sites for hydroxylation is 2. The average Bonchev–Trinajstić information content (AvgIpc) is 2.75. The Kier molecular flexibility index (Phi) is 5.65. The van der Waals surface area contributed by atoms with Crippen molar-refractivity contribution in [3.8, 4) is 0 Å². The molecule has 5 heteroatoms. The molecule has 1 heterocycles. The molecule has 0 saturated carbocycles. The maximum Gasteiger partial charge on any atom is 0.168 e. The van der Waals surface area contributed by atoms with Crippen LogP contribution in [0.15, 0.2) is 33.6 Å². The molecule has 0 aliphatic heterocycles. The average molecular weight is 367 g/mol. The lowest BCUT2D eigenvalue weighted by Crippen LogP contribution is -2.08. The Morgan fingerprint density at radius 1 is 1.29 bits per heavy atom. The summed E-state index contributed by atoms with van der Waals surface area (Å²) in [4.78, 5) is 13.6. The number of benzene rings is 1. The Hall–Kier alpha value is -1.07. The molecular weight excluding hydrogens is 348 g/mol. The molecule has 0 unspecified atom stereocenters. The van der Waals surface area contributed by atoms with Gasteiger partial charge in [0.2, 0.25) is 0 Å². The lowest BCUT2D eigenvalue weighted by Gasteiger charge is -2.04. The Labute approximate surface area is 138 Å². The predicted molar refractivity (Wildman–Crippen MR) is 91.2 cm³/mol. The first-order chi connectivity index (χ1) is 10.1. The molecule has 0 radical (unpaired) electrons. The van der Waals surface area contributed by atoms with Gasteiger partial charge in [-0.3, -0.25) is 9.48 Å². The van der Waals surface area contributed by atoms with Crippen LogP contribution < -0.4 is 0 Å². The first kappa shape index (κ1) is 16.3. The van der Waals surface area contributed by atoms with E-state index in [2.05, 4.69) is 34.9 Å². The van der Waals surface area contributed by atoms with Crippen molar-refractivity contribution in [2.24, 2.45) is 7.05 Å². The van der Waals surface area contributed by atoms with Crippen LogP contribution in [0.1, 0.15) is 35.6 Å². The fraction of sp³-hybridized carbons (Fsp3) is 0.375. The zero-order chi connectivity index (χ0) is 15.4. The second kappa shape index (κ2) is 7.27. The van der Waals surface area contributed by atoms with Gasteiger partial charge in [0, 0.05) is 17.5 Å². The third kappa shape index (κ3) is 3.77.